The minimum Gasteiger partial charge on any atom is -0.550 e. The van der Waals surface area contributed by atoms with E-state index in [1.54, 1.807) is 0 Å². The van der Waals surface area contributed by atoms with Crippen molar-refractivity contribution >= 4 is 17.6 Å². The summed E-state index contributed by atoms with van der Waals surface area (Å²) in [5.74, 6) is -1.27. The molecule has 0 bridgehead atoms. The molecule has 4 heteroatoms. The first-order chi connectivity index (χ1) is 8.54. The molecule has 1 aromatic rings. The number of hydrogen-bond donors (Lipinski definition) is 1. The lowest BCUT2D eigenvalue weighted by Gasteiger charge is -2.13. The summed E-state index contributed by atoms with van der Waals surface area (Å²) in [5.41, 5.74) is 2.95. The summed E-state index contributed by atoms with van der Waals surface area (Å²) < 4.78 is 0. The molecule has 18 heavy (non-hydrogen) atoms. The quantitative estimate of drug-likeness (QED) is 0.827. The van der Waals surface area contributed by atoms with Crippen molar-refractivity contribution in [1.82, 2.24) is 0 Å². The van der Waals surface area contributed by atoms with Gasteiger partial charge in [0.25, 0.3) is 0 Å². The van der Waals surface area contributed by atoms with Gasteiger partial charge in [0.05, 0.1) is 0 Å². The number of carbonyl (C=O) groups excluding carboxylic acids is 2. The largest absolute Gasteiger partial charge is 0.550 e. The number of amides is 1. The Morgan fingerprint density at radius 2 is 2.00 bits per heavy atom. The maximum Gasteiger partial charge on any atom is 0.224 e. The van der Waals surface area contributed by atoms with Gasteiger partial charge < -0.3 is 15.2 Å². The molecule has 1 N–H and O–H groups in total. The molecule has 0 heterocycles. The first-order valence-corrected chi connectivity index (χ1v) is 6.12. The third-order valence-electron chi connectivity index (χ3n) is 2.79. The summed E-state index contributed by atoms with van der Waals surface area (Å²) in [7, 11) is 0. The van der Waals surface area contributed by atoms with Crippen LogP contribution in [-0.4, -0.2) is 11.9 Å². The third kappa shape index (κ3) is 4.20. The summed E-state index contributed by atoms with van der Waals surface area (Å²) in [6, 6.07) is 5.87. The molecular formula is C14H18NO3-. The Morgan fingerprint density at radius 1 is 1.28 bits per heavy atom. The molecule has 0 aromatic heterocycles. The van der Waals surface area contributed by atoms with E-state index in [0.717, 1.165) is 23.2 Å². The van der Waals surface area contributed by atoms with Gasteiger partial charge in [0.15, 0.2) is 0 Å². The van der Waals surface area contributed by atoms with Crippen molar-refractivity contribution in [1.29, 1.82) is 0 Å². The van der Waals surface area contributed by atoms with Crippen LogP contribution >= 0.6 is 0 Å². The maximum absolute atomic E-state index is 11.7. The zero-order chi connectivity index (χ0) is 13.5. The number of anilines is 1. The van der Waals surface area contributed by atoms with Gasteiger partial charge in [-0.2, -0.15) is 0 Å². The van der Waals surface area contributed by atoms with Crippen molar-refractivity contribution in [3.63, 3.8) is 0 Å². The Bertz CT molecular complexity index is 441. The number of carboxylic acids is 1. The highest BCUT2D eigenvalue weighted by atomic mass is 16.4. The van der Waals surface area contributed by atoms with Crippen LogP contribution in [0.25, 0.3) is 0 Å². The molecule has 1 amide bonds. The molecule has 0 saturated carbocycles. The van der Waals surface area contributed by atoms with Crippen molar-refractivity contribution in [3.8, 4) is 0 Å². The van der Waals surface area contributed by atoms with Gasteiger partial charge in [0, 0.05) is 18.1 Å². The fraction of sp³-hybridized carbons (Fsp3) is 0.429. The van der Waals surface area contributed by atoms with E-state index in [0.29, 0.717) is 6.42 Å². The number of nitrogens with one attached hydrogen (secondary N) is 1. The Kier molecular flexibility index (Phi) is 5.36. The minimum absolute atomic E-state index is 0.0815. The van der Waals surface area contributed by atoms with E-state index in [1.165, 1.54) is 0 Å². The van der Waals surface area contributed by atoms with Crippen LogP contribution in [0.4, 0.5) is 5.69 Å². The normalized spacial score (nSPS) is 10.1. The van der Waals surface area contributed by atoms with Crippen molar-refractivity contribution in [3.05, 3.63) is 29.3 Å². The van der Waals surface area contributed by atoms with Gasteiger partial charge in [-0.15, -0.1) is 0 Å². The SMILES string of the molecule is CCc1cccc(C)c1NC(=O)CCCC(=O)[O-]. The molecule has 0 fully saturated rings. The van der Waals surface area contributed by atoms with Crippen molar-refractivity contribution in [2.75, 3.05) is 5.32 Å². The number of rotatable bonds is 6. The van der Waals surface area contributed by atoms with Gasteiger partial charge in [0.1, 0.15) is 0 Å². The van der Waals surface area contributed by atoms with E-state index in [9.17, 15) is 14.7 Å². The number of carbonyl (C=O) groups is 2. The van der Waals surface area contributed by atoms with E-state index in [1.807, 2.05) is 32.0 Å². The van der Waals surface area contributed by atoms with Gasteiger partial charge in [-0.1, -0.05) is 25.1 Å². The molecule has 0 aliphatic heterocycles. The van der Waals surface area contributed by atoms with Crippen LogP contribution < -0.4 is 10.4 Å². The van der Waals surface area contributed by atoms with Crippen LogP contribution in [0.5, 0.6) is 0 Å². The number of para-hydroxylation sites is 1. The average Bonchev–Trinajstić information content (AvgIpc) is 2.31. The van der Waals surface area contributed by atoms with Crippen LogP contribution in [-0.2, 0) is 16.0 Å². The highest BCUT2D eigenvalue weighted by molar-refractivity contribution is 5.92. The lowest BCUT2D eigenvalue weighted by Crippen LogP contribution is -2.22. The summed E-state index contributed by atoms with van der Waals surface area (Å²) in [6.07, 6.45) is 1.27. The smallest absolute Gasteiger partial charge is 0.224 e. The molecular weight excluding hydrogens is 230 g/mol. The second-order valence-electron chi connectivity index (χ2n) is 4.24. The van der Waals surface area contributed by atoms with Gasteiger partial charge in [-0.25, -0.2) is 0 Å². The highest BCUT2D eigenvalue weighted by Gasteiger charge is 2.08. The fourth-order valence-electron chi connectivity index (χ4n) is 1.80. The number of hydrogen-bond acceptors (Lipinski definition) is 3. The Hall–Kier alpha value is -1.84. The van der Waals surface area contributed by atoms with E-state index < -0.39 is 5.97 Å². The maximum atomic E-state index is 11.7. The molecule has 4 nitrogen and oxygen atoms in total. The average molecular weight is 248 g/mol. The number of aryl methyl sites for hydroxylation is 2. The molecule has 0 spiro atoms. The van der Waals surface area contributed by atoms with Crippen LogP contribution in [0.2, 0.25) is 0 Å². The van der Waals surface area contributed by atoms with Crippen LogP contribution in [0.3, 0.4) is 0 Å². The highest BCUT2D eigenvalue weighted by Crippen LogP contribution is 2.21. The van der Waals surface area contributed by atoms with E-state index in [4.69, 9.17) is 0 Å². The second kappa shape index (κ2) is 6.79. The Labute approximate surface area is 107 Å². The molecule has 1 rings (SSSR count). The molecule has 98 valence electrons. The standard InChI is InChI=1S/C14H19NO3/c1-3-11-7-4-6-10(2)14(11)15-12(16)8-5-9-13(17)18/h4,6-7H,3,5,8-9H2,1-2H3,(H,15,16)(H,17,18)/p-1. The van der Waals surface area contributed by atoms with Gasteiger partial charge in [-0.3, -0.25) is 4.79 Å². The molecule has 0 unspecified atom stereocenters. The molecule has 0 aliphatic rings. The molecule has 1 aromatic carbocycles. The van der Waals surface area contributed by atoms with Crippen LogP contribution in [0.15, 0.2) is 18.2 Å². The van der Waals surface area contributed by atoms with Crippen molar-refractivity contribution in [2.45, 2.75) is 39.5 Å². The van der Waals surface area contributed by atoms with Crippen LogP contribution in [0, 0.1) is 6.92 Å². The Balaban J connectivity index is 2.61. The Morgan fingerprint density at radius 3 is 2.61 bits per heavy atom. The number of benzene rings is 1. The molecule has 0 aliphatic carbocycles. The molecule has 0 atom stereocenters. The van der Waals surface area contributed by atoms with E-state index in [-0.39, 0.29) is 18.7 Å². The van der Waals surface area contributed by atoms with Crippen LogP contribution in [0.1, 0.15) is 37.3 Å². The summed E-state index contributed by atoms with van der Waals surface area (Å²) in [5, 5.41) is 13.1. The lowest BCUT2D eigenvalue weighted by molar-refractivity contribution is -0.305. The third-order valence-corrected chi connectivity index (χ3v) is 2.79. The molecule has 0 saturated heterocycles. The predicted molar refractivity (Wildman–Crippen MR) is 68.0 cm³/mol. The monoisotopic (exact) mass is 248 g/mol. The summed E-state index contributed by atoms with van der Waals surface area (Å²) >= 11 is 0. The van der Waals surface area contributed by atoms with E-state index in [2.05, 4.69) is 5.32 Å². The zero-order valence-electron chi connectivity index (χ0n) is 10.8. The summed E-state index contributed by atoms with van der Waals surface area (Å²) in [6.45, 7) is 3.97. The van der Waals surface area contributed by atoms with Gasteiger partial charge >= 0.3 is 0 Å². The first-order valence-electron chi connectivity index (χ1n) is 6.12. The zero-order valence-corrected chi connectivity index (χ0v) is 10.8. The summed E-state index contributed by atoms with van der Waals surface area (Å²) in [4.78, 5) is 21.9. The van der Waals surface area contributed by atoms with Crippen molar-refractivity contribution in [2.24, 2.45) is 0 Å². The predicted octanol–water partition coefficient (Wildman–Crippen LogP) is 1.42. The topological polar surface area (TPSA) is 69.2 Å². The first kappa shape index (κ1) is 14.2. The number of carboxylic acid groups (broad SMARTS) is 1. The van der Waals surface area contributed by atoms with Gasteiger partial charge in [0.2, 0.25) is 5.91 Å². The minimum atomic E-state index is -1.12. The van der Waals surface area contributed by atoms with Crippen molar-refractivity contribution < 1.29 is 14.7 Å². The second-order valence-corrected chi connectivity index (χ2v) is 4.24. The van der Waals surface area contributed by atoms with Gasteiger partial charge in [-0.05, 0) is 37.3 Å². The number of aliphatic carboxylic acids is 1. The van der Waals surface area contributed by atoms with E-state index >= 15 is 0 Å². The molecule has 0 radical (unpaired) electrons. The lowest BCUT2D eigenvalue weighted by atomic mass is 10.1. The fourth-order valence-corrected chi connectivity index (χ4v) is 1.80.